The van der Waals surface area contributed by atoms with Crippen LogP contribution in [-0.4, -0.2) is 66.5 Å². The molecule has 0 atom stereocenters. The fourth-order valence-corrected chi connectivity index (χ4v) is 4.44. The van der Waals surface area contributed by atoms with Crippen molar-refractivity contribution in [1.29, 1.82) is 0 Å². The number of morpholine rings is 1. The zero-order chi connectivity index (χ0) is 25.5. The van der Waals surface area contributed by atoms with Crippen molar-refractivity contribution in [3.05, 3.63) is 76.6 Å². The number of aromatic nitrogens is 2. The first-order valence-corrected chi connectivity index (χ1v) is 12.4. The smallest absolute Gasteiger partial charge is 0.305 e. The lowest BCUT2D eigenvalue weighted by molar-refractivity contribution is -0.140. The highest BCUT2D eigenvalue weighted by atomic mass is 16.5. The van der Waals surface area contributed by atoms with Crippen LogP contribution < -0.4 is 5.32 Å². The lowest BCUT2D eigenvalue weighted by Crippen LogP contribution is -2.37. The van der Waals surface area contributed by atoms with E-state index in [0.717, 1.165) is 67.6 Å². The Bertz CT molecular complexity index is 1180. The molecule has 1 saturated heterocycles. The largest absolute Gasteiger partial charge is 0.469 e. The molecule has 0 unspecified atom stereocenters. The average molecular weight is 491 g/mol. The highest BCUT2D eigenvalue weighted by molar-refractivity contribution is 6.04. The molecule has 36 heavy (non-hydrogen) atoms. The molecule has 8 nitrogen and oxygen atoms in total. The summed E-state index contributed by atoms with van der Waals surface area (Å²) in [5.41, 5.74) is 6.35. The number of esters is 1. The van der Waals surface area contributed by atoms with Crippen molar-refractivity contribution in [2.75, 3.05) is 45.3 Å². The van der Waals surface area contributed by atoms with E-state index in [0.29, 0.717) is 18.4 Å². The quantitative estimate of drug-likeness (QED) is 0.460. The Morgan fingerprint density at radius 2 is 1.69 bits per heavy atom. The van der Waals surface area contributed by atoms with Crippen LogP contribution in [0.3, 0.4) is 0 Å². The van der Waals surface area contributed by atoms with Gasteiger partial charge in [-0.05, 0) is 74.2 Å². The Kier molecular flexibility index (Phi) is 8.51. The van der Waals surface area contributed by atoms with E-state index in [2.05, 4.69) is 27.4 Å². The monoisotopic (exact) mass is 490 g/mol. The fraction of sp³-hybridized carbons (Fsp3) is 0.393. The number of nitrogens with zero attached hydrogens (tertiary/aromatic N) is 3. The van der Waals surface area contributed by atoms with Crippen LogP contribution in [0.5, 0.6) is 0 Å². The number of amides is 1. The van der Waals surface area contributed by atoms with Crippen molar-refractivity contribution in [1.82, 2.24) is 14.7 Å². The molecule has 2 aromatic carbocycles. The summed E-state index contributed by atoms with van der Waals surface area (Å²) in [4.78, 5) is 26.7. The number of rotatable bonds is 9. The van der Waals surface area contributed by atoms with E-state index in [1.165, 1.54) is 12.7 Å². The zero-order valence-corrected chi connectivity index (χ0v) is 21.3. The normalized spacial score (nSPS) is 14.0. The molecular formula is C28H34N4O4. The maximum atomic E-state index is 12.8. The second-order valence-corrected chi connectivity index (χ2v) is 9.04. The van der Waals surface area contributed by atoms with Gasteiger partial charge in [0.25, 0.3) is 5.91 Å². The van der Waals surface area contributed by atoms with Crippen molar-refractivity contribution in [2.24, 2.45) is 0 Å². The van der Waals surface area contributed by atoms with Gasteiger partial charge in [0.05, 0.1) is 31.7 Å². The Morgan fingerprint density at radius 1 is 1.00 bits per heavy atom. The predicted octanol–water partition coefficient (Wildman–Crippen LogP) is 3.72. The van der Waals surface area contributed by atoms with E-state index in [-0.39, 0.29) is 11.9 Å². The number of anilines is 1. The van der Waals surface area contributed by atoms with Crippen molar-refractivity contribution in [3.8, 4) is 5.69 Å². The first-order chi connectivity index (χ1) is 17.4. The molecule has 1 fully saturated rings. The van der Waals surface area contributed by atoms with Crippen LogP contribution in [0.1, 0.15) is 39.3 Å². The summed E-state index contributed by atoms with van der Waals surface area (Å²) in [6.45, 7) is 8.54. The Balaban J connectivity index is 1.34. The molecule has 1 amide bonds. The summed E-state index contributed by atoms with van der Waals surface area (Å²) >= 11 is 0. The summed E-state index contributed by atoms with van der Waals surface area (Å²) in [6.07, 6.45) is 1.88. The summed E-state index contributed by atoms with van der Waals surface area (Å²) in [5.74, 6) is -0.394. The molecule has 1 aliphatic rings. The van der Waals surface area contributed by atoms with Crippen molar-refractivity contribution < 1.29 is 19.1 Å². The van der Waals surface area contributed by atoms with E-state index in [1.807, 2.05) is 42.8 Å². The molecule has 1 N–H and O–H groups in total. The van der Waals surface area contributed by atoms with E-state index in [9.17, 15) is 9.59 Å². The van der Waals surface area contributed by atoms with Gasteiger partial charge in [0.1, 0.15) is 0 Å². The van der Waals surface area contributed by atoms with Crippen LogP contribution >= 0.6 is 0 Å². The third-order valence-corrected chi connectivity index (χ3v) is 6.65. The molecule has 0 bridgehead atoms. The van der Waals surface area contributed by atoms with Gasteiger partial charge in [-0.2, -0.15) is 5.10 Å². The predicted molar refractivity (Wildman–Crippen MR) is 139 cm³/mol. The van der Waals surface area contributed by atoms with Gasteiger partial charge in [0.15, 0.2) is 0 Å². The first-order valence-electron chi connectivity index (χ1n) is 12.4. The standard InChI is InChI=1S/C28H34N4O4/c1-20-26(12-13-27(33)35-3)21(2)32(30-20)25-10-6-23(7-11-25)28(34)29-24-8-4-22(5-9-24)14-15-31-16-18-36-19-17-31/h4-11H,12-19H2,1-3H3,(H,29,34). The topological polar surface area (TPSA) is 85.7 Å². The van der Waals surface area contributed by atoms with Gasteiger partial charge < -0.3 is 14.8 Å². The van der Waals surface area contributed by atoms with Gasteiger partial charge in [0, 0.05) is 43.0 Å². The number of carbonyl (C=O) groups excluding carboxylic acids is 2. The minimum absolute atomic E-state index is 0.158. The number of aryl methyl sites for hydroxylation is 1. The summed E-state index contributed by atoms with van der Waals surface area (Å²) in [7, 11) is 1.39. The maximum Gasteiger partial charge on any atom is 0.305 e. The molecule has 190 valence electrons. The first kappa shape index (κ1) is 25.6. The van der Waals surface area contributed by atoms with Crippen LogP contribution in [-0.2, 0) is 27.1 Å². The van der Waals surface area contributed by atoms with Gasteiger partial charge in [-0.3, -0.25) is 14.5 Å². The van der Waals surface area contributed by atoms with Crippen LogP contribution in [0.4, 0.5) is 5.69 Å². The zero-order valence-electron chi connectivity index (χ0n) is 21.3. The number of nitrogens with one attached hydrogen (secondary N) is 1. The van der Waals surface area contributed by atoms with E-state index in [4.69, 9.17) is 9.47 Å². The molecule has 8 heteroatoms. The van der Waals surface area contributed by atoms with Crippen LogP contribution in [0.15, 0.2) is 48.5 Å². The van der Waals surface area contributed by atoms with E-state index < -0.39 is 0 Å². The molecule has 4 rings (SSSR count). The van der Waals surface area contributed by atoms with Crippen molar-refractivity contribution >= 4 is 17.6 Å². The number of methoxy groups -OCH3 is 1. The van der Waals surface area contributed by atoms with Crippen LogP contribution in [0, 0.1) is 13.8 Å². The molecule has 0 radical (unpaired) electrons. The third-order valence-electron chi connectivity index (χ3n) is 6.65. The second-order valence-electron chi connectivity index (χ2n) is 9.04. The Morgan fingerprint density at radius 3 is 2.36 bits per heavy atom. The molecular weight excluding hydrogens is 456 g/mol. The summed E-state index contributed by atoms with van der Waals surface area (Å²) in [6, 6.07) is 15.4. The maximum absolute atomic E-state index is 12.8. The van der Waals surface area contributed by atoms with E-state index in [1.54, 1.807) is 12.1 Å². The van der Waals surface area contributed by atoms with Gasteiger partial charge in [-0.1, -0.05) is 12.1 Å². The number of benzene rings is 2. The molecule has 2 heterocycles. The highest BCUT2D eigenvalue weighted by Crippen LogP contribution is 2.20. The minimum Gasteiger partial charge on any atom is -0.469 e. The van der Waals surface area contributed by atoms with Crippen molar-refractivity contribution in [3.63, 3.8) is 0 Å². The van der Waals surface area contributed by atoms with E-state index >= 15 is 0 Å². The third kappa shape index (κ3) is 6.38. The average Bonchev–Trinajstić information content (AvgIpc) is 3.20. The molecule has 0 aliphatic carbocycles. The Hall–Kier alpha value is -3.49. The van der Waals surface area contributed by atoms with Crippen molar-refractivity contribution in [2.45, 2.75) is 33.1 Å². The van der Waals surface area contributed by atoms with Crippen LogP contribution in [0.2, 0.25) is 0 Å². The second kappa shape index (κ2) is 12.0. The number of hydrogen-bond acceptors (Lipinski definition) is 6. The van der Waals surface area contributed by atoms with Gasteiger partial charge in [-0.15, -0.1) is 0 Å². The highest BCUT2D eigenvalue weighted by Gasteiger charge is 2.15. The molecule has 1 aliphatic heterocycles. The fourth-order valence-electron chi connectivity index (χ4n) is 4.44. The molecule has 0 saturated carbocycles. The van der Waals surface area contributed by atoms with Gasteiger partial charge in [-0.25, -0.2) is 4.68 Å². The van der Waals surface area contributed by atoms with Crippen LogP contribution in [0.25, 0.3) is 5.69 Å². The number of ether oxygens (including phenoxy) is 2. The summed E-state index contributed by atoms with van der Waals surface area (Å²) in [5, 5.41) is 7.61. The number of carbonyl (C=O) groups is 2. The Labute approximate surface area is 212 Å². The lowest BCUT2D eigenvalue weighted by atomic mass is 10.1. The number of hydrogen-bond donors (Lipinski definition) is 1. The van der Waals surface area contributed by atoms with Gasteiger partial charge in [0.2, 0.25) is 0 Å². The SMILES string of the molecule is COC(=O)CCc1c(C)nn(-c2ccc(C(=O)Nc3ccc(CCN4CCOCC4)cc3)cc2)c1C. The molecule has 1 aromatic heterocycles. The minimum atomic E-state index is -0.237. The molecule has 3 aromatic rings. The summed E-state index contributed by atoms with van der Waals surface area (Å²) < 4.78 is 12.0. The lowest BCUT2D eigenvalue weighted by Gasteiger charge is -2.26. The molecule has 0 spiro atoms. The van der Waals surface area contributed by atoms with Gasteiger partial charge >= 0.3 is 5.97 Å².